The lowest BCUT2D eigenvalue weighted by Gasteiger charge is -2.20. The van der Waals surface area contributed by atoms with E-state index < -0.39 is 0 Å². The molecule has 0 amide bonds. The predicted molar refractivity (Wildman–Crippen MR) is 133 cm³/mol. The maximum atomic E-state index is 12.3. The van der Waals surface area contributed by atoms with Crippen LogP contribution < -0.4 is 4.74 Å². The molecule has 4 nitrogen and oxygen atoms in total. The molecule has 0 spiro atoms. The van der Waals surface area contributed by atoms with Gasteiger partial charge in [-0.25, -0.2) is 0 Å². The molecule has 1 aliphatic rings. The van der Waals surface area contributed by atoms with Gasteiger partial charge in [-0.1, -0.05) is 49.2 Å². The first kappa shape index (κ1) is 21.6. The lowest BCUT2D eigenvalue weighted by atomic mass is 9.85. The van der Waals surface area contributed by atoms with Crippen LogP contribution in [0.1, 0.15) is 61.8 Å². The van der Waals surface area contributed by atoms with Crippen LogP contribution in [0.3, 0.4) is 0 Å². The normalized spacial score (nSPS) is 16.2. The first-order valence-electron chi connectivity index (χ1n) is 12.1. The molecule has 5 rings (SSSR count). The average molecular weight is 442 g/mol. The second kappa shape index (κ2) is 9.70. The Morgan fingerprint density at radius 1 is 1.00 bits per heavy atom. The number of esters is 1. The Hall–Kier alpha value is -3.27. The van der Waals surface area contributed by atoms with Gasteiger partial charge in [0.1, 0.15) is 12.4 Å². The maximum Gasteiger partial charge on any atom is 0.306 e. The number of hydrogen-bond donors (Lipinski definition) is 1. The summed E-state index contributed by atoms with van der Waals surface area (Å²) in [6.45, 7) is 2.83. The predicted octanol–water partition coefficient (Wildman–Crippen LogP) is 7.05. The molecule has 4 heteroatoms. The zero-order valence-corrected chi connectivity index (χ0v) is 19.2. The van der Waals surface area contributed by atoms with Crippen molar-refractivity contribution < 1.29 is 14.3 Å². The smallest absolute Gasteiger partial charge is 0.306 e. The quantitative estimate of drug-likeness (QED) is 0.326. The highest BCUT2D eigenvalue weighted by Gasteiger charge is 2.25. The topological polar surface area (TPSA) is 51.3 Å². The lowest BCUT2D eigenvalue weighted by Crippen LogP contribution is -2.13. The molecule has 0 radical (unpaired) electrons. The second-order valence-electron chi connectivity index (χ2n) is 9.00. The number of aryl methyl sites for hydroxylation is 1. The second-order valence-corrected chi connectivity index (χ2v) is 9.00. The third-order valence-electron chi connectivity index (χ3n) is 6.72. The minimum atomic E-state index is -0.0984. The zero-order chi connectivity index (χ0) is 22.6. The van der Waals surface area contributed by atoms with Gasteiger partial charge in [0.15, 0.2) is 0 Å². The van der Waals surface area contributed by atoms with E-state index in [4.69, 9.17) is 9.47 Å². The first-order chi connectivity index (χ1) is 16.2. The van der Waals surface area contributed by atoms with Crippen LogP contribution in [0.4, 0.5) is 0 Å². The van der Waals surface area contributed by atoms with E-state index in [0.717, 1.165) is 36.1 Å². The molecule has 0 bridgehead atoms. The molecule has 1 N–H and O–H groups in total. The Balaban J connectivity index is 1.39. The molecule has 0 aliphatic heterocycles. The van der Waals surface area contributed by atoms with Crippen LogP contribution in [0.2, 0.25) is 0 Å². The van der Waals surface area contributed by atoms with Gasteiger partial charge in [0.25, 0.3) is 0 Å². The third-order valence-corrected chi connectivity index (χ3v) is 6.72. The van der Waals surface area contributed by atoms with Gasteiger partial charge in [-0.2, -0.15) is 0 Å². The van der Waals surface area contributed by atoms with Gasteiger partial charge in [-0.05, 0) is 72.2 Å². The number of aromatic nitrogens is 1. The fourth-order valence-corrected chi connectivity index (χ4v) is 5.14. The van der Waals surface area contributed by atoms with Crippen molar-refractivity contribution in [3.8, 4) is 5.75 Å². The van der Waals surface area contributed by atoms with Crippen LogP contribution in [0.25, 0.3) is 21.7 Å². The van der Waals surface area contributed by atoms with Crippen molar-refractivity contribution >= 4 is 27.6 Å². The van der Waals surface area contributed by atoms with Crippen LogP contribution in [-0.4, -0.2) is 17.6 Å². The van der Waals surface area contributed by atoms with E-state index in [2.05, 4.69) is 65.6 Å². The van der Waals surface area contributed by atoms with Crippen LogP contribution >= 0.6 is 0 Å². The Morgan fingerprint density at radius 2 is 1.88 bits per heavy atom. The summed E-state index contributed by atoms with van der Waals surface area (Å²) in [7, 11) is 0. The number of hydrogen-bond acceptors (Lipinski definition) is 3. The van der Waals surface area contributed by atoms with E-state index in [9.17, 15) is 4.79 Å². The van der Waals surface area contributed by atoms with Gasteiger partial charge in [0, 0.05) is 22.7 Å². The fourth-order valence-electron chi connectivity index (χ4n) is 5.14. The summed E-state index contributed by atoms with van der Waals surface area (Å²) < 4.78 is 11.4. The Bertz CT molecular complexity index is 1270. The number of fused-ring (bicyclic) bond motifs is 4. The summed E-state index contributed by atoms with van der Waals surface area (Å²) >= 11 is 0. The van der Waals surface area contributed by atoms with Crippen molar-refractivity contribution in [2.45, 2.75) is 58.0 Å². The summed E-state index contributed by atoms with van der Waals surface area (Å²) in [4.78, 5) is 15.9. The molecule has 0 fully saturated rings. The Morgan fingerprint density at radius 3 is 2.76 bits per heavy atom. The molecule has 0 saturated heterocycles. The van der Waals surface area contributed by atoms with Gasteiger partial charge < -0.3 is 14.5 Å². The van der Waals surface area contributed by atoms with Crippen molar-refractivity contribution in [3.05, 3.63) is 77.5 Å². The summed E-state index contributed by atoms with van der Waals surface area (Å²) in [5.74, 6) is 0.961. The van der Waals surface area contributed by atoms with Gasteiger partial charge in [0.05, 0.1) is 13.0 Å². The van der Waals surface area contributed by atoms with Crippen molar-refractivity contribution in [1.29, 1.82) is 0 Å². The number of rotatable bonds is 6. The molecule has 1 unspecified atom stereocenters. The van der Waals surface area contributed by atoms with E-state index in [1.165, 1.54) is 40.3 Å². The van der Waals surface area contributed by atoms with Crippen molar-refractivity contribution in [2.75, 3.05) is 6.61 Å². The molecule has 170 valence electrons. The number of benzene rings is 3. The van der Waals surface area contributed by atoms with Crippen molar-refractivity contribution in [1.82, 2.24) is 4.98 Å². The van der Waals surface area contributed by atoms with Gasteiger partial charge >= 0.3 is 5.97 Å². The molecule has 0 saturated carbocycles. The number of aromatic amines is 1. The highest BCUT2D eigenvalue weighted by Crippen LogP contribution is 2.38. The van der Waals surface area contributed by atoms with E-state index in [-0.39, 0.29) is 11.9 Å². The van der Waals surface area contributed by atoms with Gasteiger partial charge in [0.2, 0.25) is 0 Å². The van der Waals surface area contributed by atoms with E-state index in [1.54, 1.807) is 0 Å². The number of carbonyl (C=O) groups is 1. The SMILES string of the molecule is CCOC(=O)CC1CCCCCc2[nH]c3cc(OCc4ccc5ccccc5c4)ccc3c21. The molecular formula is C29H31NO3. The molecule has 1 aromatic heterocycles. The van der Waals surface area contributed by atoms with E-state index in [0.29, 0.717) is 19.6 Å². The van der Waals surface area contributed by atoms with E-state index >= 15 is 0 Å². The van der Waals surface area contributed by atoms with Crippen molar-refractivity contribution in [2.24, 2.45) is 0 Å². The van der Waals surface area contributed by atoms with Crippen LogP contribution in [0.15, 0.2) is 60.7 Å². The number of carbonyl (C=O) groups excluding carboxylic acids is 1. The molecule has 1 heterocycles. The number of ether oxygens (including phenoxy) is 2. The van der Waals surface area contributed by atoms with E-state index in [1.807, 2.05) is 6.92 Å². The molecule has 3 aromatic carbocycles. The van der Waals surface area contributed by atoms with Gasteiger partial charge in [-0.3, -0.25) is 4.79 Å². The summed E-state index contributed by atoms with van der Waals surface area (Å²) in [6, 6.07) is 21.1. The summed E-state index contributed by atoms with van der Waals surface area (Å²) in [6.07, 6.45) is 6.04. The fraction of sp³-hybridized carbons (Fsp3) is 0.345. The monoisotopic (exact) mass is 441 g/mol. The van der Waals surface area contributed by atoms with Crippen LogP contribution in [0, 0.1) is 0 Å². The Labute approximate surface area is 194 Å². The number of nitrogens with one attached hydrogen (secondary N) is 1. The van der Waals surface area contributed by atoms with Crippen LogP contribution in [0.5, 0.6) is 5.75 Å². The number of H-pyrrole nitrogens is 1. The highest BCUT2D eigenvalue weighted by molar-refractivity contribution is 5.87. The Kier molecular flexibility index (Phi) is 6.34. The first-order valence-corrected chi connectivity index (χ1v) is 12.1. The molecule has 4 aromatic rings. The zero-order valence-electron chi connectivity index (χ0n) is 19.2. The van der Waals surface area contributed by atoms with Gasteiger partial charge in [-0.15, -0.1) is 0 Å². The molecule has 33 heavy (non-hydrogen) atoms. The molecule has 1 aliphatic carbocycles. The largest absolute Gasteiger partial charge is 0.489 e. The molecular weight excluding hydrogens is 410 g/mol. The minimum Gasteiger partial charge on any atom is -0.489 e. The third kappa shape index (κ3) is 4.75. The van der Waals surface area contributed by atoms with Crippen LogP contribution in [-0.2, 0) is 22.6 Å². The highest BCUT2D eigenvalue weighted by atomic mass is 16.5. The van der Waals surface area contributed by atoms with Crippen molar-refractivity contribution in [3.63, 3.8) is 0 Å². The average Bonchev–Trinajstić information content (AvgIpc) is 3.17. The minimum absolute atomic E-state index is 0.0984. The summed E-state index contributed by atoms with van der Waals surface area (Å²) in [5, 5.41) is 3.67. The standard InChI is InChI=1S/C29H31NO3/c1-2-32-28(31)17-23-10-4-3-5-11-26-29(23)25-15-14-24(18-27(25)30-26)33-19-20-12-13-21-8-6-7-9-22(21)16-20/h6-9,12-16,18,23,30H,2-5,10-11,17,19H2,1H3. The molecule has 1 atom stereocenters. The maximum absolute atomic E-state index is 12.3. The summed E-state index contributed by atoms with van der Waals surface area (Å²) in [5.41, 5.74) is 4.82. The lowest BCUT2D eigenvalue weighted by molar-refractivity contribution is -0.143.